The Balaban J connectivity index is 1.77. The van der Waals surface area contributed by atoms with E-state index in [2.05, 4.69) is 72.0 Å². The van der Waals surface area contributed by atoms with E-state index < -0.39 is 0 Å². The maximum atomic E-state index is 6.49. The molecule has 0 unspecified atom stereocenters. The van der Waals surface area contributed by atoms with Crippen molar-refractivity contribution in [1.29, 1.82) is 0 Å². The summed E-state index contributed by atoms with van der Waals surface area (Å²) in [6.07, 6.45) is 16.3. The van der Waals surface area contributed by atoms with Crippen molar-refractivity contribution in [2.75, 3.05) is 0 Å². The highest BCUT2D eigenvalue weighted by molar-refractivity contribution is 6.35. The van der Waals surface area contributed by atoms with Crippen LogP contribution in [0.1, 0.15) is 36.1 Å². The van der Waals surface area contributed by atoms with Crippen LogP contribution in [0, 0.1) is 0 Å². The van der Waals surface area contributed by atoms with Gasteiger partial charge in [0.1, 0.15) is 13.1 Å². The summed E-state index contributed by atoms with van der Waals surface area (Å²) in [5.74, 6) is 0. The van der Waals surface area contributed by atoms with E-state index in [0.29, 0.717) is 10.0 Å². The number of hydrogen-bond acceptors (Lipinski definition) is 0. The van der Waals surface area contributed by atoms with Crippen molar-refractivity contribution in [3.8, 4) is 0 Å². The van der Waals surface area contributed by atoms with Crippen LogP contribution in [-0.2, 0) is 13.1 Å². The normalized spacial score (nSPS) is 11.6. The lowest BCUT2D eigenvalue weighted by molar-refractivity contribution is -0.693. The van der Waals surface area contributed by atoms with Gasteiger partial charge < -0.3 is 0 Å². The molecule has 142 valence electrons. The number of aryl methyl sites for hydroxylation is 2. The second-order valence-corrected chi connectivity index (χ2v) is 7.30. The molecule has 2 nitrogen and oxygen atoms in total. The molecular weight excluding hydrogens is 387 g/mol. The molecule has 28 heavy (non-hydrogen) atoms. The number of pyridine rings is 2. The monoisotopic (exact) mass is 410 g/mol. The van der Waals surface area contributed by atoms with E-state index in [1.165, 1.54) is 0 Å². The van der Waals surface area contributed by atoms with Gasteiger partial charge in [0.15, 0.2) is 24.8 Å². The molecule has 0 fully saturated rings. The van der Waals surface area contributed by atoms with Gasteiger partial charge in [-0.15, -0.1) is 0 Å². The van der Waals surface area contributed by atoms with E-state index in [4.69, 9.17) is 23.2 Å². The summed E-state index contributed by atoms with van der Waals surface area (Å²) in [6.45, 7) is 6.16. The minimum Gasteiger partial charge on any atom is -0.205 e. The van der Waals surface area contributed by atoms with Crippen molar-refractivity contribution >= 4 is 47.5 Å². The van der Waals surface area contributed by atoms with Crippen LogP contribution in [0.4, 0.5) is 0 Å². The smallest absolute Gasteiger partial charge is 0.169 e. The third-order valence-corrected chi connectivity index (χ3v) is 5.25. The van der Waals surface area contributed by atoms with E-state index in [1.807, 2.05) is 36.4 Å². The Hall–Kier alpha value is -2.42. The molecule has 0 radical (unpaired) electrons. The number of hydrogen-bond donors (Lipinski definition) is 0. The Morgan fingerprint density at radius 2 is 1.00 bits per heavy atom. The lowest BCUT2D eigenvalue weighted by atomic mass is 10.1. The molecule has 0 aliphatic carbocycles. The van der Waals surface area contributed by atoms with Crippen LogP contribution in [0.5, 0.6) is 0 Å². The zero-order valence-electron chi connectivity index (χ0n) is 16.1. The summed E-state index contributed by atoms with van der Waals surface area (Å²) in [7, 11) is 0. The van der Waals surface area contributed by atoms with Gasteiger partial charge in [-0.3, -0.25) is 0 Å². The van der Waals surface area contributed by atoms with Gasteiger partial charge in [-0.25, -0.2) is 9.13 Å². The van der Waals surface area contributed by atoms with Crippen LogP contribution < -0.4 is 9.13 Å². The Morgan fingerprint density at radius 3 is 1.32 bits per heavy atom. The first kappa shape index (κ1) is 20.3. The second kappa shape index (κ2) is 9.68. The van der Waals surface area contributed by atoms with Crippen molar-refractivity contribution in [2.24, 2.45) is 0 Å². The fourth-order valence-corrected chi connectivity index (χ4v) is 3.26. The molecule has 0 bridgehead atoms. The number of nitrogens with zero attached hydrogens (tertiary/aromatic N) is 2. The van der Waals surface area contributed by atoms with Crippen LogP contribution in [0.2, 0.25) is 10.0 Å². The summed E-state index contributed by atoms with van der Waals surface area (Å²) in [4.78, 5) is 0. The summed E-state index contributed by atoms with van der Waals surface area (Å²) in [5.41, 5.74) is 4.04. The molecule has 0 spiro atoms. The SMILES string of the molecule is CC[n+]1ccc(C=Cc2cc(Cl)c(C=Cc3cc[n+](CC)cc3)cc2Cl)cc1. The molecule has 0 aliphatic heterocycles. The van der Waals surface area contributed by atoms with Crippen molar-refractivity contribution in [3.05, 3.63) is 93.5 Å². The molecule has 3 aromatic rings. The number of rotatable bonds is 6. The quantitative estimate of drug-likeness (QED) is 0.443. The predicted molar refractivity (Wildman–Crippen MR) is 119 cm³/mol. The number of aromatic nitrogens is 2. The first-order valence-corrected chi connectivity index (χ1v) is 10.2. The van der Waals surface area contributed by atoms with E-state index in [1.54, 1.807) is 0 Å². The van der Waals surface area contributed by atoms with Gasteiger partial charge in [0.25, 0.3) is 0 Å². The zero-order chi connectivity index (χ0) is 19.9. The standard InChI is InChI=1S/C24H24Cl2N2/c1-3-27-13-9-19(10-14-27)5-7-21-17-24(26)22(18-23(21)25)8-6-20-11-15-28(4-2)16-12-20/h5-18H,3-4H2,1-2H3/q+2. The highest BCUT2D eigenvalue weighted by Crippen LogP contribution is 2.28. The number of benzene rings is 1. The topological polar surface area (TPSA) is 7.76 Å². The van der Waals surface area contributed by atoms with Gasteiger partial charge in [0.05, 0.1) is 0 Å². The van der Waals surface area contributed by atoms with E-state index >= 15 is 0 Å². The Bertz CT molecular complexity index is 905. The maximum absolute atomic E-state index is 6.49. The van der Waals surface area contributed by atoms with Crippen molar-refractivity contribution < 1.29 is 9.13 Å². The molecule has 3 rings (SSSR count). The van der Waals surface area contributed by atoms with Crippen LogP contribution >= 0.6 is 23.2 Å². The highest BCUT2D eigenvalue weighted by Gasteiger charge is 2.04. The van der Waals surface area contributed by atoms with E-state index in [9.17, 15) is 0 Å². The van der Waals surface area contributed by atoms with Gasteiger partial charge in [0.2, 0.25) is 0 Å². The minimum atomic E-state index is 0.678. The molecule has 0 saturated carbocycles. The van der Waals surface area contributed by atoms with Crippen LogP contribution in [0.25, 0.3) is 24.3 Å². The average Bonchev–Trinajstić information content (AvgIpc) is 2.73. The van der Waals surface area contributed by atoms with Crippen molar-refractivity contribution in [2.45, 2.75) is 26.9 Å². The van der Waals surface area contributed by atoms with Gasteiger partial charge in [-0.05, 0) is 48.2 Å². The molecule has 2 heterocycles. The van der Waals surface area contributed by atoms with Crippen molar-refractivity contribution in [3.63, 3.8) is 0 Å². The van der Waals surface area contributed by atoms with Crippen LogP contribution in [-0.4, -0.2) is 0 Å². The maximum Gasteiger partial charge on any atom is 0.169 e. The van der Waals surface area contributed by atoms with Gasteiger partial charge in [-0.2, -0.15) is 0 Å². The Labute approximate surface area is 177 Å². The third-order valence-electron chi connectivity index (χ3n) is 4.59. The fraction of sp³-hybridized carbons (Fsp3) is 0.167. The van der Waals surface area contributed by atoms with Gasteiger partial charge in [0, 0.05) is 34.3 Å². The molecule has 0 aliphatic rings. The molecule has 4 heteroatoms. The fourth-order valence-electron chi connectivity index (χ4n) is 2.79. The highest BCUT2D eigenvalue weighted by atomic mass is 35.5. The van der Waals surface area contributed by atoms with Gasteiger partial charge >= 0.3 is 0 Å². The van der Waals surface area contributed by atoms with Crippen LogP contribution in [0.15, 0.2) is 61.2 Å². The van der Waals surface area contributed by atoms with Crippen molar-refractivity contribution in [1.82, 2.24) is 0 Å². The van der Waals surface area contributed by atoms with E-state index in [-0.39, 0.29) is 0 Å². The molecule has 0 N–H and O–H groups in total. The van der Waals surface area contributed by atoms with Gasteiger partial charge in [-0.1, -0.05) is 47.5 Å². The summed E-state index contributed by atoms with van der Waals surface area (Å²) < 4.78 is 4.24. The minimum absolute atomic E-state index is 0.678. The lowest BCUT2D eigenvalue weighted by Gasteiger charge is -2.04. The second-order valence-electron chi connectivity index (χ2n) is 6.49. The number of halogens is 2. The molecule has 0 saturated heterocycles. The Morgan fingerprint density at radius 1 is 0.643 bits per heavy atom. The first-order chi connectivity index (χ1) is 13.6. The molecule has 0 atom stereocenters. The lowest BCUT2D eigenvalue weighted by Crippen LogP contribution is -2.30. The third kappa shape index (κ3) is 5.31. The summed E-state index contributed by atoms with van der Waals surface area (Å²) in [5, 5.41) is 1.36. The predicted octanol–water partition coefficient (Wildman–Crippen LogP) is 5.95. The van der Waals surface area contributed by atoms with E-state index in [0.717, 1.165) is 35.3 Å². The zero-order valence-corrected chi connectivity index (χ0v) is 17.7. The molecule has 1 aromatic carbocycles. The Kier molecular flexibility index (Phi) is 7.02. The molecule has 2 aromatic heterocycles. The molecular formula is C24H24Cl2N2+2. The molecule has 0 amide bonds. The average molecular weight is 411 g/mol. The first-order valence-electron chi connectivity index (χ1n) is 9.42. The summed E-state index contributed by atoms with van der Waals surface area (Å²) >= 11 is 13.0. The van der Waals surface area contributed by atoms with Crippen LogP contribution in [0.3, 0.4) is 0 Å². The summed E-state index contributed by atoms with van der Waals surface area (Å²) in [6, 6.07) is 12.1. The largest absolute Gasteiger partial charge is 0.205 e.